The first kappa shape index (κ1) is 12.5. The molecule has 2 aromatic carbocycles. The predicted octanol–water partition coefficient (Wildman–Crippen LogP) is 4.30. The van der Waals surface area contributed by atoms with E-state index in [1.807, 2.05) is 24.3 Å². The van der Waals surface area contributed by atoms with E-state index in [1.165, 1.54) is 16.5 Å². The van der Waals surface area contributed by atoms with Crippen LogP contribution in [-0.2, 0) is 0 Å². The maximum absolute atomic E-state index is 9.29. The molecular formula is C17H16N2O. The molecule has 0 aliphatic heterocycles. The minimum absolute atomic E-state index is 0.258. The Morgan fingerprint density at radius 1 is 0.950 bits per heavy atom. The molecule has 100 valence electrons. The Balaban J connectivity index is 2.00. The maximum Gasteiger partial charge on any atom is 0.131 e. The van der Waals surface area contributed by atoms with Gasteiger partial charge in [0.2, 0.25) is 0 Å². The second-order valence-corrected chi connectivity index (χ2v) is 5.02. The van der Waals surface area contributed by atoms with Crippen LogP contribution >= 0.6 is 0 Å². The number of phenolic OH excluding ortho intramolecular Hbond substituents is 1. The summed E-state index contributed by atoms with van der Waals surface area (Å²) in [5.74, 6) is 1.07. The lowest BCUT2D eigenvalue weighted by Crippen LogP contribution is -1.95. The van der Waals surface area contributed by atoms with Crippen LogP contribution in [0, 0.1) is 13.8 Å². The highest BCUT2D eigenvalue weighted by Crippen LogP contribution is 2.24. The molecule has 3 rings (SSSR count). The van der Waals surface area contributed by atoms with Crippen LogP contribution in [0.25, 0.3) is 10.9 Å². The quantitative estimate of drug-likeness (QED) is 0.678. The number of aromatic hydroxyl groups is 1. The third kappa shape index (κ3) is 2.43. The van der Waals surface area contributed by atoms with Crippen LogP contribution in [0.5, 0.6) is 5.75 Å². The zero-order valence-corrected chi connectivity index (χ0v) is 11.5. The van der Waals surface area contributed by atoms with Crippen molar-refractivity contribution in [1.82, 2.24) is 4.98 Å². The second-order valence-electron chi connectivity index (χ2n) is 5.02. The Labute approximate surface area is 117 Å². The van der Waals surface area contributed by atoms with Gasteiger partial charge in [-0.15, -0.1) is 0 Å². The molecule has 0 aliphatic carbocycles. The molecular weight excluding hydrogens is 248 g/mol. The van der Waals surface area contributed by atoms with E-state index in [0.717, 1.165) is 17.0 Å². The van der Waals surface area contributed by atoms with Gasteiger partial charge in [-0.25, -0.2) is 4.98 Å². The molecule has 3 aromatic rings. The molecule has 2 N–H and O–H groups in total. The number of benzene rings is 2. The van der Waals surface area contributed by atoms with Crippen molar-refractivity contribution in [3.05, 3.63) is 59.7 Å². The third-order valence-electron chi connectivity index (χ3n) is 3.31. The van der Waals surface area contributed by atoms with Gasteiger partial charge in [-0.05, 0) is 61.9 Å². The van der Waals surface area contributed by atoms with Gasteiger partial charge in [-0.1, -0.05) is 11.6 Å². The standard InChI is InChI=1S/C17H16N2O/c1-11-3-8-16-15(9-11)12(2)10-17(19-16)18-13-4-6-14(20)7-5-13/h3-10,20H,1-2H3,(H,18,19). The highest BCUT2D eigenvalue weighted by molar-refractivity contribution is 5.85. The molecule has 0 radical (unpaired) electrons. The number of anilines is 2. The average molecular weight is 264 g/mol. The van der Waals surface area contributed by atoms with E-state index >= 15 is 0 Å². The molecule has 3 nitrogen and oxygen atoms in total. The van der Waals surface area contributed by atoms with Crippen molar-refractivity contribution in [2.45, 2.75) is 13.8 Å². The SMILES string of the molecule is Cc1ccc2nc(Nc3ccc(O)cc3)cc(C)c2c1. The van der Waals surface area contributed by atoms with Gasteiger partial charge in [0.05, 0.1) is 5.52 Å². The first-order valence-corrected chi connectivity index (χ1v) is 6.56. The summed E-state index contributed by atoms with van der Waals surface area (Å²) in [5.41, 5.74) is 4.32. The number of pyridine rings is 1. The van der Waals surface area contributed by atoms with Crippen molar-refractivity contribution in [2.24, 2.45) is 0 Å². The number of phenols is 1. The molecule has 0 spiro atoms. The molecule has 20 heavy (non-hydrogen) atoms. The van der Waals surface area contributed by atoms with Crippen LogP contribution in [-0.4, -0.2) is 10.1 Å². The van der Waals surface area contributed by atoms with Gasteiger partial charge >= 0.3 is 0 Å². The number of nitrogens with zero attached hydrogens (tertiary/aromatic N) is 1. The molecule has 0 fully saturated rings. The predicted molar refractivity (Wildman–Crippen MR) is 82.6 cm³/mol. The normalized spacial score (nSPS) is 10.7. The number of rotatable bonds is 2. The molecule has 0 bridgehead atoms. The zero-order valence-electron chi connectivity index (χ0n) is 11.5. The fraction of sp³-hybridized carbons (Fsp3) is 0.118. The molecule has 3 heteroatoms. The Morgan fingerprint density at radius 2 is 1.70 bits per heavy atom. The van der Waals surface area contributed by atoms with Gasteiger partial charge in [0.1, 0.15) is 11.6 Å². The van der Waals surface area contributed by atoms with Gasteiger partial charge < -0.3 is 10.4 Å². The molecule has 1 heterocycles. The minimum atomic E-state index is 0.258. The Bertz CT molecular complexity index is 764. The monoisotopic (exact) mass is 264 g/mol. The van der Waals surface area contributed by atoms with Crippen LogP contribution in [0.2, 0.25) is 0 Å². The summed E-state index contributed by atoms with van der Waals surface area (Å²) < 4.78 is 0. The van der Waals surface area contributed by atoms with E-state index in [0.29, 0.717) is 0 Å². The highest BCUT2D eigenvalue weighted by atomic mass is 16.3. The summed E-state index contributed by atoms with van der Waals surface area (Å²) >= 11 is 0. The zero-order chi connectivity index (χ0) is 14.1. The Morgan fingerprint density at radius 3 is 2.45 bits per heavy atom. The van der Waals surface area contributed by atoms with Gasteiger partial charge in [-0.3, -0.25) is 0 Å². The fourth-order valence-electron chi connectivity index (χ4n) is 2.26. The van der Waals surface area contributed by atoms with E-state index in [-0.39, 0.29) is 5.75 Å². The van der Waals surface area contributed by atoms with Crippen LogP contribution < -0.4 is 5.32 Å². The number of hydrogen-bond donors (Lipinski definition) is 2. The molecule has 0 saturated heterocycles. The smallest absolute Gasteiger partial charge is 0.131 e. The molecule has 0 atom stereocenters. The van der Waals surface area contributed by atoms with Gasteiger partial charge in [0, 0.05) is 11.1 Å². The summed E-state index contributed by atoms with van der Waals surface area (Å²) in [6.07, 6.45) is 0. The van der Waals surface area contributed by atoms with Crippen LogP contribution in [0.15, 0.2) is 48.5 Å². The number of aryl methyl sites for hydroxylation is 2. The van der Waals surface area contributed by atoms with Crippen LogP contribution in [0.3, 0.4) is 0 Å². The number of hydrogen-bond acceptors (Lipinski definition) is 3. The largest absolute Gasteiger partial charge is 0.508 e. The van der Waals surface area contributed by atoms with Crippen molar-refractivity contribution in [3.8, 4) is 5.75 Å². The topological polar surface area (TPSA) is 45.2 Å². The second kappa shape index (κ2) is 4.85. The minimum Gasteiger partial charge on any atom is -0.508 e. The van der Waals surface area contributed by atoms with Gasteiger partial charge in [0.25, 0.3) is 0 Å². The van der Waals surface area contributed by atoms with Gasteiger partial charge in [0.15, 0.2) is 0 Å². The lowest BCUT2D eigenvalue weighted by molar-refractivity contribution is 0.475. The summed E-state index contributed by atoms with van der Waals surface area (Å²) in [4.78, 5) is 4.62. The van der Waals surface area contributed by atoms with E-state index in [1.54, 1.807) is 12.1 Å². The summed E-state index contributed by atoms with van der Waals surface area (Å²) in [6.45, 7) is 4.17. The Kier molecular flexibility index (Phi) is 3.03. The fourth-order valence-corrected chi connectivity index (χ4v) is 2.26. The molecule has 0 amide bonds. The van der Waals surface area contributed by atoms with Crippen molar-refractivity contribution in [2.75, 3.05) is 5.32 Å². The van der Waals surface area contributed by atoms with Crippen molar-refractivity contribution in [1.29, 1.82) is 0 Å². The van der Waals surface area contributed by atoms with E-state index in [9.17, 15) is 5.11 Å². The van der Waals surface area contributed by atoms with E-state index in [4.69, 9.17) is 0 Å². The lowest BCUT2D eigenvalue weighted by Gasteiger charge is -2.09. The maximum atomic E-state index is 9.29. The summed E-state index contributed by atoms with van der Waals surface area (Å²) in [6, 6.07) is 15.3. The van der Waals surface area contributed by atoms with Crippen LogP contribution in [0.1, 0.15) is 11.1 Å². The third-order valence-corrected chi connectivity index (χ3v) is 3.31. The van der Waals surface area contributed by atoms with Crippen molar-refractivity contribution >= 4 is 22.4 Å². The molecule has 1 aromatic heterocycles. The first-order valence-electron chi connectivity index (χ1n) is 6.56. The van der Waals surface area contributed by atoms with Crippen LogP contribution in [0.4, 0.5) is 11.5 Å². The number of nitrogens with one attached hydrogen (secondary N) is 1. The first-order chi connectivity index (χ1) is 9.61. The summed E-state index contributed by atoms with van der Waals surface area (Å²) in [5, 5.41) is 13.7. The van der Waals surface area contributed by atoms with E-state index < -0.39 is 0 Å². The van der Waals surface area contributed by atoms with Crippen molar-refractivity contribution < 1.29 is 5.11 Å². The van der Waals surface area contributed by atoms with Crippen molar-refractivity contribution in [3.63, 3.8) is 0 Å². The summed E-state index contributed by atoms with van der Waals surface area (Å²) in [7, 11) is 0. The average Bonchev–Trinajstić information content (AvgIpc) is 2.42. The van der Waals surface area contributed by atoms with Gasteiger partial charge in [-0.2, -0.15) is 0 Å². The number of fused-ring (bicyclic) bond motifs is 1. The number of aromatic nitrogens is 1. The molecule has 0 unspecified atom stereocenters. The lowest BCUT2D eigenvalue weighted by atomic mass is 10.1. The Hall–Kier alpha value is -2.55. The highest BCUT2D eigenvalue weighted by Gasteiger charge is 2.03. The van der Waals surface area contributed by atoms with E-state index in [2.05, 4.69) is 36.3 Å². The molecule has 0 aliphatic rings. The molecule has 0 saturated carbocycles.